The summed E-state index contributed by atoms with van der Waals surface area (Å²) in [7, 11) is 0. The molecule has 0 saturated heterocycles. The summed E-state index contributed by atoms with van der Waals surface area (Å²) in [6.07, 6.45) is 0. The van der Waals surface area contributed by atoms with Gasteiger partial charge in [0.05, 0.1) is 10.6 Å². The second-order valence-electron chi connectivity index (χ2n) is 3.72. The van der Waals surface area contributed by atoms with Crippen molar-refractivity contribution in [2.75, 3.05) is 5.32 Å². The third-order valence-electron chi connectivity index (χ3n) is 2.36. The molecule has 0 fully saturated rings. The maximum Gasteiger partial charge on any atom is 0.318 e. The Morgan fingerprint density at radius 2 is 2.26 bits per heavy atom. The van der Waals surface area contributed by atoms with E-state index in [-0.39, 0.29) is 5.69 Å². The number of nitro benzene ring substituents is 1. The fourth-order valence-corrected chi connectivity index (χ4v) is 2.43. The highest BCUT2D eigenvalue weighted by molar-refractivity contribution is 7.16. The zero-order valence-electron chi connectivity index (χ0n) is 9.91. The van der Waals surface area contributed by atoms with E-state index in [1.165, 1.54) is 23.5 Å². The number of nitrogens with zero attached hydrogens (tertiary/aromatic N) is 2. The molecular weight excluding hydrogens is 268 g/mol. The molecule has 0 aliphatic carbocycles. The molecule has 2 aromatic rings. The maximum absolute atomic E-state index is 10.8. The Hall–Kier alpha value is -2.48. The van der Waals surface area contributed by atoms with E-state index in [1.54, 1.807) is 12.1 Å². The second kappa shape index (κ2) is 5.02. The number of amides is 2. The number of aryl methyl sites for hydroxylation is 1. The lowest BCUT2D eigenvalue weighted by Gasteiger charge is -1.98. The number of carbonyl (C=O) groups is 1. The Morgan fingerprint density at radius 3 is 2.89 bits per heavy atom. The Bertz CT molecular complexity index is 653. The number of anilines is 1. The first-order chi connectivity index (χ1) is 8.97. The molecule has 19 heavy (non-hydrogen) atoms. The molecule has 1 aromatic carbocycles. The molecule has 0 atom stereocenters. The lowest BCUT2D eigenvalue weighted by Crippen LogP contribution is -2.18. The van der Waals surface area contributed by atoms with Crippen LogP contribution in [0.4, 0.5) is 15.6 Å². The number of rotatable bonds is 3. The van der Waals surface area contributed by atoms with Gasteiger partial charge in [-0.2, -0.15) is 0 Å². The lowest BCUT2D eigenvalue weighted by atomic mass is 10.1. The van der Waals surface area contributed by atoms with E-state index in [1.807, 2.05) is 6.92 Å². The number of carbonyl (C=O) groups excluding carboxylic acids is 1. The summed E-state index contributed by atoms with van der Waals surface area (Å²) >= 11 is 1.26. The molecule has 0 radical (unpaired) electrons. The Morgan fingerprint density at radius 1 is 1.53 bits per heavy atom. The van der Waals surface area contributed by atoms with Gasteiger partial charge >= 0.3 is 6.03 Å². The average molecular weight is 278 g/mol. The van der Waals surface area contributed by atoms with E-state index >= 15 is 0 Å². The van der Waals surface area contributed by atoms with Crippen LogP contribution in [-0.4, -0.2) is 15.9 Å². The Kier molecular flexibility index (Phi) is 3.43. The van der Waals surface area contributed by atoms with Crippen LogP contribution < -0.4 is 11.1 Å². The van der Waals surface area contributed by atoms with E-state index < -0.39 is 11.0 Å². The summed E-state index contributed by atoms with van der Waals surface area (Å²) in [5.74, 6) is 0. The molecule has 0 spiro atoms. The minimum Gasteiger partial charge on any atom is -0.351 e. The van der Waals surface area contributed by atoms with E-state index in [4.69, 9.17) is 5.73 Å². The molecule has 2 amide bonds. The van der Waals surface area contributed by atoms with Crippen LogP contribution in [0.5, 0.6) is 0 Å². The monoisotopic (exact) mass is 278 g/mol. The zero-order valence-corrected chi connectivity index (χ0v) is 10.7. The lowest BCUT2D eigenvalue weighted by molar-refractivity contribution is -0.384. The van der Waals surface area contributed by atoms with Crippen LogP contribution in [0.15, 0.2) is 24.3 Å². The Labute approximate surface area is 112 Å². The fourth-order valence-electron chi connectivity index (χ4n) is 1.59. The molecule has 2 rings (SSSR count). The van der Waals surface area contributed by atoms with Crippen molar-refractivity contribution in [3.05, 3.63) is 39.3 Å². The largest absolute Gasteiger partial charge is 0.351 e. The molecule has 7 nitrogen and oxygen atoms in total. The van der Waals surface area contributed by atoms with Crippen molar-refractivity contribution in [3.8, 4) is 11.3 Å². The minimum absolute atomic E-state index is 0.00527. The van der Waals surface area contributed by atoms with Crippen molar-refractivity contribution in [2.24, 2.45) is 5.73 Å². The molecule has 1 aromatic heterocycles. The van der Waals surface area contributed by atoms with E-state index in [9.17, 15) is 14.9 Å². The predicted octanol–water partition coefficient (Wildman–Crippen LogP) is 2.52. The number of thiazole rings is 1. The van der Waals surface area contributed by atoms with Crippen molar-refractivity contribution >= 4 is 28.2 Å². The topological polar surface area (TPSA) is 111 Å². The number of aromatic nitrogens is 1. The number of hydrogen-bond donors (Lipinski definition) is 2. The van der Waals surface area contributed by atoms with Gasteiger partial charge < -0.3 is 5.73 Å². The number of primary amides is 1. The first-order valence-corrected chi connectivity index (χ1v) is 6.07. The molecule has 1 heterocycles. The van der Waals surface area contributed by atoms with E-state index in [0.717, 1.165) is 4.88 Å². The normalized spacial score (nSPS) is 10.2. The van der Waals surface area contributed by atoms with Gasteiger partial charge in [-0.25, -0.2) is 9.78 Å². The van der Waals surface area contributed by atoms with E-state index in [2.05, 4.69) is 10.3 Å². The van der Waals surface area contributed by atoms with Crippen LogP contribution in [0, 0.1) is 17.0 Å². The molecule has 0 saturated carbocycles. The standard InChI is InChI=1S/C11H10N4O3S/c1-6-9(13-11(19-6)14-10(12)16)7-3-2-4-8(5-7)15(17)18/h2-5H,1H3,(H3,12,13,14,16). The van der Waals surface area contributed by atoms with Crippen LogP contribution in [0.25, 0.3) is 11.3 Å². The predicted molar refractivity (Wildman–Crippen MR) is 72.1 cm³/mol. The number of nitro groups is 1. The van der Waals surface area contributed by atoms with Crippen molar-refractivity contribution < 1.29 is 9.72 Å². The van der Waals surface area contributed by atoms with Gasteiger partial charge in [0.1, 0.15) is 0 Å². The SMILES string of the molecule is Cc1sc(NC(N)=O)nc1-c1cccc([N+](=O)[O-])c1. The number of urea groups is 1. The Balaban J connectivity index is 2.41. The van der Waals surface area contributed by atoms with Gasteiger partial charge in [0.25, 0.3) is 5.69 Å². The smallest absolute Gasteiger partial charge is 0.318 e. The summed E-state index contributed by atoms with van der Waals surface area (Å²) in [6.45, 7) is 1.82. The molecule has 98 valence electrons. The van der Waals surface area contributed by atoms with Crippen LogP contribution in [0.2, 0.25) is 0 Å². The first kappa shape index (κ1) is 13.0. The summed E-state index contributed by atoms with van der Waals surface area (Å²) in [5.41, 5.74) is 6.23. The first-order valence-electron chi connectivity index (χ1n) is 5.26. The molecule has 8 heteroatoms. The molecule has 0 aliphatic rings. The van der Waals surface area contributed by atoms with Crippen LogP contribution in [0.1, 0.15) is 4.88 Å². The van der Waals surface area contributed by atoms with Crippen molar-refractivity contribution in [2.45, 2.75) is 6.92 Å². The van der Waals surface area contributed by atoms with Crippen LogP contribution in [0.3, 0.4) is 0 Å². The molecule has 0 unspecified atom stereocenters. The minimum atomic E-state index is -0.695. The van der Waals surface area contributed by atoms with Gasteiger partial charge in [-0.05, 0) is 6.92 Å². The third-order valence-corrected chi connectivity index (χ3v) is 3.24. The highest BCUT2D eigenvalue weighted by atomic mass is 32.1. The zero-order chi connectivity index (χ0) is 14.0. The van der Waals surface area contributed by atoms with Crippen molar-refractivity contribution in [1.29, 1.82) is 0 Å². The number of nitrogens with one attached hydrogen (secondary N) is 1. The van der Waals surface area contributed by atoms with Gasteiger partial charge in [-0.15, -0.1) is 11.3 Å². The maximum atomic E-state index is 10.8. The van der Waals surface area contributed by atoms with Crippen molar-refractivity contribution in [1.82, 2.24) is 4.98 Å². The number of hydrogen-bond acceptors (Lipinski definition) is 5. The van der Waals surface area contributed by atoms with Crippen LogP contribution in [-0.2, 0) is 0 Å². The van der Waals surface area contributed by atoms with Gasteiger partial charge in [-0.3, -0.25) is 15.4 Å². The molecular formula is C11H10N4O3S. The molecule has 3 N–H and O–H groups in total. The second-order valence-corrected chi connectivity index (χ2v) is 4.92. The third kappa shape index (κ3) is 2.86. The summed E-state index contributed by atoms with van der Waals surface area (Å²) < 4.78 is 0. The summed E-state index contributed by atoms with van der Waals surface area (Å²) in [4.78, 5) is 26.1. The quantitative estimate of drug-likeness (QED) is 0.663. The van der Waals surface area contributed by atoms with Gasteiger partial charge in [0.2, 0.25) is 0 Å². The average Bonchev–Trinajstić information content (AvgIpc) is 2.69. The number of non-ortho nitro benzene ring substituents is 1. The number of benzene rings is 1. The molecule has 0 bridgehead atoms. The van der Waals surface area contributed by atoms with Gasteiger partial charge in [0.15, 0.2) is 5.13 Å². The molecule has 0 aliphatic heterocycles. The van der Waals surface area contributed by atoms with Gasteiger partial charge in [-0.1, -0.05) is 12.1 Å². The fraction of sp³-hybridized carbons (Fsp3) is 0.0909. The van der Waals surface area contributed by atoms with Gasteiger partial charge in [0, 0.05) is 22.6 Å². The van der Waals surface area contributed by atoms with Crippen molar-refractivity contribution in [3.63, 3.8) is 0 Å². The van der Waals surface area contributed by atoms with Crippen LogP contribution >= 0.6 is 11.3 Å². The summed E-state index contributed by atoms with van der Waals surface area (Å²) in [6, 6.07) is 5.47. The highest BCUT2D eigenvalue weighted by Gasteiger charge is 2.13. The highest BCUT2D eigenvalue weighted by Crippen LogP contribution is 2.31. The van der Waals surface area contributed by atoms with E-state index in [0.29, 0.717) is 16.4 Å². The number of nitrogens with two attached hydrogens (primary N) is 1. The summed E-state index contributed by atoms with van der Waals surface area (Å²) in [5, 5.41) is 13.5.